The monoisotopic (exact) mass is 286 g/mol. The lowest BCUT2D eigenvalue weighted by atomic mass is 10.1. The second kappa shape index (κ2) is 7.46. The highest BCUT2D eigenvalue weighted by Gasteiger charge is 2.15. The molecule has 1 aromatic rings. The number of carbonyl (C=O) groups is 1. The summed E-state index contributed by atoms with van der Waals surface area (Å²) in [6, 6.07) is 5.10. The molecule has 1 aromatic carbocycles. The molecule has 1 aliphatic rings. The Morgan fingerprint density at radius 3 is 2.95 bits per heavy atom. The van der Waals surface area contributed by atoms with Gasteiger partial charge in [0.15, 0.2) is 0 Å². The maximum absolute atomic E-state index is 13.1. The molecule has 1 amide bonds. The number of hydrogen-bond donors (Lipinski definition) is 2. The molecule has 1 atom stereocenters. The van der Waals surface area contributed by atoms with E-state index in [0.717, 1.165) is 19.4 Å². The first-order valence-electron chi connectivity index (χ1n) is 6.44. The Morgan fingerprint density at radius 2 is 2.32 bits per heavy atom. The molecule has 0 aliphatic carbocycles. The summed E-state index contributed by atoms with van der Waals surface area (Å²) in [4.78, 5) is 11.7. The van der Waals surface area contributed by atoms with E-state index in [0.29, 0.717) is 23.7 Å². The highest BCUT2D eigenvalue weighted by atomic mass is 35.5. The Kier molecular flexibility index (Phi) is 6.25. The Hall–Kier alpha value is -1.13. The molecule has 5 heteroatoms. The summed E-state index contributed by atoms with van der Waals surface area (Å²) in [5.74, 6) is -0.252. The van der Waals surface area contributed by atoms with Crippen molar-refractivity contribution >= 4 is 24.0 Å². The van der Waals surface area contributed by atoms with Crippen LogP contribution in [0.1, 0.15) is 31.2 Å². The van der Waals surface area contributed by atoms with Gasteiger partial charge in [-0.05, 0) is 56.5 Å². The van der Waals surface area contributed by atoms with Crippen molar-refractivity contribution in [1.82, 2.24) is 5.32 Å². The van der Waals surface area contributed by atoms with Crippen LogP contribution >= 0.6 is 12.4 Å². The van der Waals surface area contributed by atoms with Gasteiger partial charge in [-0.3, -0.25) is 4.79 Å². The fraction of sp³-hybridized carbons (Fsp3) is 0.500. The van der Waals surface area contributed by atoms with E-state index < -0.39 is 0 Å². The van der Waals surface area contributed by atoms with E-state index >= 15 is 0 Å². The lowest BCUT2D eigenvalue weighted by molar-refractivity contribution is -0.116. The average molecular weight is 287 g/mol. The molecular formula is C14H20ClFN2O. The molecular weight excluding hydrogens is 267 g/mol. The zero-order valence-corrected chi connectivity index (χ0v) is 11.9. The summed E-state index contributed by atoms with van der Waals surface area (Å²) in [6.07, 6.45) is 3.73. The molecule has 2 N–H and O–H groups in total. The fourth-order valence-electron chi connectivity index (χ4n) is 2.25. The summed E-state index contributed by atoms with van der Waals surface area (Å²) in [5.41, 5.74) is 1.21. The largest absolute Gasteiger partial charge is 0.326 e. The Bertz CT molecular complexity index is 433. The molecule has 106 valence electrons. The number of anilines is 1. The Balaban J connectivity index is 0.00000180. The van der Waals surface area contributed by atoms with Crippen LogP contribution in [-0.2, 0) is 4.79 Å². The quantitative estimate of drug-likeness (QED) is 0.893. The third-order valence-electron chi connectivity index (χ3n) is 3.32. The van der Waals surface area contributed by atoms with Crippen LogP contribution in [0.3, 0.4) is 0 Å². The van der Waals surface area contributed by atoms with Gasteiger partial charge >= 0.3 is 0 Å². The van der Waals surface area contributed by atoms with E-state index in [1.54, 1.807) is 19.1 Å². The van der Waals surface area contributed by atoms with E-state index in [1.807, 2.05) is 0 Å². The van der Waals surface area contributed by atoms with Crippen molar-refractivity contribution in [2.45, 2.75) is 38.6 Å². The molecule has 0 aromatic heterocycles. The summed E-state index contributed by atoms with van der Waals surface area (Å²) in [7, 11) is 0. The van der Waals surface area contributed by atoms with Gasteiger partial charge in [0.25, 0.3) is 0 Å². The second-order valence-corrected chi connectivity index (χ2v) is 4.84. The van der Waals surface area contributed by atoms with Crippen LogP contribution in [0.25, 0.3) is 0 Å². The van der Waals surface area contributed by atoms with E-state index in [-0.39, 0.29) is 24.1 Å². The average Bonchev–Trinajstić information content (AvgIpc) is 2.84. The SMILES string of the molecule is Cc1cc(NC(=O)CCC2CCCN2)ccc1F.Cl. The van der Waals surface area contributed by atoms with Gasteiger partial charge in [-0.15, -0.1) is 12.4 Å². The zero-order chi connectivity index (χ0) is 13.0. The lowest BCUT2D eigenvalue weighted by Gasteiger charge is -2.10. The van der Waals surface area contributed by atoms with Crippen molar-refractivity contribution in [1.29, 1.82) is 0 Å². The van der Waals surface area contributed by atoms with Gasteiger partial charge in [0.1, 0.15) is 5.82 Å². The third kappa shape index (κ3) is 4.80. The predicted molar refractivity (Wildman–Crippen MR) is 77.3 cm³/mol. The first-order valence-corrected chi connectivity index (χ1v) is 6.44. The van der Waals surface area contributed by atoms with Crippen molar-refractivity contribution in [3.8, 4) is 0 Å². The molecule has 1 fully saturated rings. The van der Waals surface area contributed by atoms with E-state index in [1.165, 1.54) is 12.5 Å². The van der Waals surface area contributed by atoms with Gasteiger partial charge in [-0.1, -0.05) is 0 Å². The van der Waals surface area contributed by atoms with Crippen LogP contribution in [-0.4, -0.2) is 18.5 Å². The van der Waals surface area contributed by atoms with E-state index in [4.69, 9.17) is 0 Å². The van der Waals surface area contributed by atoms with Crippen LogP contribution in [0.15, 0.2) is 18.2 Å². The van der Waals surface area contributed by atoms with Crippen molar-refractivity contribution < 1.29 is 9.18 Å². The number of hydrogen-bond acceptors (Lipinski definition) is 2. The maximum Gasteiger partial charge on any atom is 0.224 e. The first-order chi connectivity index (χ1) is 8.65. The van der Waals surface area contributed by atoms with E-state index in [9.17, 15) is 9.18 Å². The molecule has 1 heterocycles. The summed E-state index contributed by atoms with van der Waals surface area (Å²) < 4.78 is 13.1. The number of nitrogens with one attached hydrogen (secondary N) is 2. The van der Waals surface area contributed by atoms with Crippen molar-refractivity contribution in [2.75, 3.05) is 11.9 Å². The van der Waals surface area contributed by atoms with Crippen LogP contribution in [0.2, 0.25) is 0 Å². The van der Waals surface area contributed by atoms with Gasteiger partial charge in [0.2, 0.25) is 5.91 Å². The van der Waals surface area contributed by atoms with E-state index in [2.05, 4.69) is 10.6 Å². The summed E-state index contributed by atoms with van der Waals surface area (Å²) in [6.45, 7) is 2.75. The maximum atomic E-state index is 13.1. The molecule has 3 nitrogen and oxygen atoms in total. The van der Waals surface area contributed by atoms with Crippen LogP contribution in [0.5, 0.6) is 0 Å². The predicted octanol–water partition coefficient (Wildman–Crippen LogP) is 3.03. The number of rotatable bonds is 4. The highest BCUT2D eigenvalue weighted by Crippen LogP contribution is 2.15. The topological polar surface area (TPSA) is 41.1 Å². The molecule has 19 heavy (non-hydrogen) atoms. The minimum Gasteiger partial charge on any atom is -0.326 e. The second-order valence-electron chi connectivity index (χ2n) is 4.84. The molecule has 0 spiro atoms. The van der Waals surface area contributed by atoms with Gasteiger partial charge in [-0.25, -0.2) is 4.39 Å². The standard InChI is InChI=1S/C14H19FN2O.ClH/c1-10-9-12(4-6-13(10)15)17-14(18)7-5-11-3-2-8-16-11;/h4,6,9,11,16H,2-3,5,7-8H2,1H3,(H,17,18);1H. The highest BCUT2D eigenvalue weighted by molar-refractivity contribution is 5.90. The van der Waals surface area contributed by atoms with Crippen LogP contribution in [0.4, 0.5) is 10.1 Å². The number of halogens is 2. The molecule has 1 unspecified atom stereocenters. The molecule has 0 bridgehead atoms. The van der Waals surface area contributed by atoms with Gasteiger partial charge in [0.05, 0.1) is 0 Å². The fourth-order valence-corrected chi connectivity index (χ4v) is 2.25. The molecule has 2 rings (SSSR count). The lowest BCUT2D eigenvalue weighted by Crippen LogP contribution is -2.23. The van der Waals surface area contributed by atoms with Crippen LogP contribution < -0.4 is 10.6 Å². The number of benzene rings is 1. The van der Waals surface area contributed by atoms with Crippen molar-refractivity contribution in [3.63, 3.8) is 0 Å². The zero-order valence-electron chi connectivity index (χ0n) is 11.0. The normalized spacial score (nSPS) is 17.9. The molecule has 1 saturated heterocycles. The third-order valence-corrected chi connectivity index (χ3v) is 3.32. The first kappa shape index (κ1) is 15.9. The Morgan fingerprint density at radius 1 is 1.53 bits per heavy atom. The summed E-state index contributed by atoms with van der Waals surface area (Å²) >= 11 is 0. The van der Waals surface area contributed by atoms with Gasteiger partial charge in [-0.2, -0.15) is 0 Å². The Labute approximate surface area is 119 Å². The minimum absolute atomic E-state index is 0. The molecule has 1 aliphatic heterocycles. The van der Waals surface area contributed by atoms with Crippen molar-refractivity contribution in [2.24, 2.45) is 0 Å². The number of amides is 1. The van der Waals surface area contributed by atoms with Gasteiger partial charge in [0, 0.05) is 18.2 Å². The van der Waals surface area contributed by atoms with Crippen LogP contribution in [0, 0.1) is 12.7 Å². The number of aryl methyl sites for hydroxylation is 1. The minimum atomic E-state index is -0.247. The van der Waals surface area contributed by atoms with Gasteiger partial charge < -0.3 is 10.6 Å². The molecule has 0 saturated carbocycles. The van der Waals surface area contributed by atoms with Crippen molar-refractivity contribution in [3.05, 3.63) is 29.6 Å². The number of carbonyl (C=O) groups excluding carboxylic acids is 1. The molecule has 0 radical (unpaired) electrons. The smallest absolute Gasteiger partial charge is 0.224 e. The summed E-state index contributed by atoms with van der Waals surface area (Å²) in [5, 5.41) is 6.16.